The highest BCUT2D eigenvalue weighted by molar-refractivity contribution is 6.74. The lowest BCUT2D eigenvalue weighted by Crippen LogP contribution is -2.45. The predicted octanol–water partition coefficient (Wildman–Crippen LogP) is 9.17. The molecule has 7 heteroatoms. The summed E-state index contributed by atoms with van der Waals surface area (Å²) in [6, 6.07) is 18.9. The van der Waals surface area contributed by atoms with Gasteiger partial charge in [0.05, 0.1) is 12.7 Å². The average Bonchev–Trinajstić information content (AvgIpc) is 3.51. The van der Waals surface area contributed by atoms with Gasteiger partial charge in [-0.3, -0.25) is 0 Å². The third kappa shape index (κ3) is 7.64. The summed E-state index contributed by atoms with van der Waals surface area (Å²) in [5.41, 5.74) is 6.22. The molecule has 0 amide bonds. The van der Waals surface area contributed by atoms with Crippen LogP contribution >= 0.6 is 0 Å². The quantitative estimate of drug-likeness (QED) is 0.203. The van der Waals surface area contributed by atoms with Gasteiger partial charge in [0.25, 0.3) is 0 Å². The van der Waals surface area contributed by atoms with Crippen LogP contribution < -0.4 is 14.2 Å². The standard InChI is InChI=1S/C39H56O5Si2/c1-26-36(33(38(2,3)4)19-20-45(26)9)41-25-28-21-31(24-34(28)44-46(10,11)39(5,6)7)42-29-16-14-17-30(23-29)43-35-22-27-15-12-13-18-32(27)37(35)40-8/h12-20,23,28,31,34-35,37H,21-22,24-25H2,1-11H3/t28-,31+,34-,35-,37+/m0/s1. The molecule has 250 valence electrons. The number of aryl methyl sites for hydroxylation is 1. The summed E-state index contributed by atoms with van der Waals surface area (Å²) in [6.45, 7) is 23.7. The van der Waals surface area contributed by atoms with Gasteiger partial charge in [0, 0.05) is 40.3 Å². The first-order valence-corrected chi connectivity index (χ1v) is 22.0. The van der Waals surface area contributed by atoms with Gasteiger partial charge in [-0.25, -0.2) is 0 Å². The molecule has 0 saturated heterocycles. The van der Waals surface area contributed by atoms with Crippen LogP contribution in [0.2, 0.25) is 18.1 Å². The maximum Gasteiger partial charge on any atom is 0.192 e. The highest BCUT2D eigenvalue weighted by Crippen LogP contribution is 2.43. The zero-order valence-electron chi connectivity index (χ0n) is 30.0. The highest BCUT2D eigenvalue weighted by atomic mass is 28.4. The lowest BCUT2D eigenvalue weighted by Gasteiger charge is -2.39. The molecule has 1 saturated carbocycles. The molecule has 1 heterocycles. The van der Waals surface area contributed by atoms with Crippen LogP contribution in [-0.2, 0) is 27.5 Å². The molecule has 0 radical (unpaired) electrons. The van der Waals surface area contributed by atoms with Crippen LogP contribution in [0.25, 0.3) is 0 Å². The maximum atomic E-state index is 7.10. The molecule has 3 aromatic rings. The molecule has 0 unspecified atom stereocenters. The second kappa shape index (κ2) is 13.6. The first-order valence-electron chi connectivity index (χ1n) is 17.0. The highest BCUT2D eigenvalue weighted by Gasteiger charge is 2.45. The van der Waals surface area contributed by atoms with Crippen LogP contribution in [-0.4, -0.2) is 48.7 Å². The van der Waals surface area contributed by atoms with Gasteiger partial charge in [0.1, 0.15) is 35.6 Å². The summed E-state index contributed by atoms with van der Waals surface area (Å²) in [7, 11) is -0.958. The zero-order valence-corrected chi connectivity index (χ0v) is 32.0. The Labute approximate surface area is 280 Å². The molecule has 46 heavy (non-hydrogen) atoms. The Hall–Kier alpha value is -2.46. The Kier molecular flexibility index (Phi) is 10.3. The molecular weight excluding hydrogens is 605 g/mol. The van der Waals surface area contributed by atoms with Crippen molar-refractivity contribution in [3.05, 3.63) is 82.1 Å². The van der Waals surface area contributed by atoms with E-state index >= 15 is 0 Å². The van der Waals surface area contributed by atoms with E-state index in [1.807, 2.05) is 24.3 Å². The Morgan fingerprint density at radius 1 is 0.870 bits per heavy atom. The fraction of sp³-hybridized carbons (Fsp3) is 0.564. The number of hydrogen-bond donors (Lipinski definition) is 0. The minimum absolute atomic E-state index is 0.0195. The number of methoxy groups -OCH3 is 1. The Morgan fingerprint density at radius 2 is 1.57 bits per heavy atom. The van der Waals surface area contributed by atoms with E-state index in [2.05, 4.69) is 104 Å². The molecule has 1 aromatic heterocycles. The van der Waals surface area contributed by atoms with Crippen LogP contribution in [0.1, 0.15) is 82.4 Å². The van der Waals surface area contributed by atoms with Gasteiger partial charge in [0.15, 0.2) is 8.32 Å². The fourth-order valence-corrected chi connectivity index (χ4v) is 9.29. The van der Waals surface area contributed by atoms with E-state index in [0.717, 1.165) is 36.5 Å². The SMILES string of the molecule is CO[C@@H]1c2ccccc2C[C@@H]1Oc1cccc(O[C@@H]2C[C@@H](COc3c(C(C)(C)C)cc[si](C)c3C)[C@@H](O[Si](C)(C)C(C)(C)C)C2)c1. The summed E-state index contributed by atoms with van der Waals surface area (Å²) in [5, 5.41) is 1.53. The molecule has 0 aliphatic heterocycles. The van der Waals surface area contributed by atoms with Crippen LogP contribution in [0.3, 0.4) is 0 Å². The fourth-order valence-electron chi connectivity index (χ4n) is 6.66. The van der Waals surface area contributed by atoms with Crippen molar-refractivity contribution in [2.75, 3.05) is 13.7 Å². The number of benzene rings is 2. The molecule has 5 atom stereocenters. The van der Waals surface area contributed by atoms with Crippen molar-refractivity contribution in [3.63, 3.8) is 0 Å². The van der Waals surface area contributed by atoms with Crippen LogP contribution in [0.4, 0.5) is 0 Å². The minimum Gasteiger partial charge on any atom is -0.493 e. The predicted molar refractivity (Wildman–Crippen MR) is 192 cm³/mol. The summed E-state index contributed by atoms with van der Waals surface area (Å²) >= 11 is 0. The molecular formula is C39H56O5Si2. The van der Waals surface area contributed by atoms with Crippen LogP contribution in [0.5, 0.6) is 17.2 Å². The maximum absolute atomic E-state index is 7.10. The molecule has 1 fully saturated rings. The molecule has 5 nitrogen and oxygen atoms in total. The van der Waals surface area contributed by atoms with Crippen LogP contribution in [0, 0.1) is 12.8 Å². The molecule has 0 N–H and O–H groups in total. The number of ether oxygens (including phenoxy) is 4. The Bertz CT molecular complexity index is 1500. The normalized spacial score (nSPS) is 23.3. The third-order valence-electron chi connectivity index (χ3n) is 10.5. The Morgan fingerprint density at radius 3 is 2.24 bits per heavy atom. The number of hydrogen-bond acceptors (Lipinski definition) is 5. The van der Waals surface area contributed by atoms with Crippen molar-refractivity contribution in [3.8, 4) is 17.2 Å². The van der Waals surface area contributed by atoms with Crippen molar-refractivity contribution in [1.82, 2.24) is 0 Å². The van der Waals surface area contributed by atoms with Gasteiger partial charge < -0.3 is 23.4 Å². The average molecular weight is 661 g/mol. The van der Waals surface area contributed by atoms with Crippen molar-refractivity contribution in [2.24, 2.45) is 12.5 Å². The molecule has 2 aromatic carbocycles. The van der Waals surface area contributed by atoms with E-state index in [0.29, 0.717) is 6.61 Å². The molecule has 2 aliphatic carbocycles. The lowest BCUT2D eigenvalue weighted by atomic mass is 9.87. The summed E-state index contributed by atoms with van der Waals surface area (Å²) in [6.07, 6.45) is 2.56. The summed E-state index contributed by atoms with van der Waals surface area (Å²) < 4.78 is 33.0. The number of fused-ring (bicyclic) bond motifs is 1. The van der Waals surface area contributed by atoms with Gasteiger partial charge in [-0.2, -0.15) is 0 Å². The van der Waals surface area contributed by atoms with Crippen molar-refractivity contribution < 1.29 is 23.4 Å². The zero-order chi connectivity index (χ0) is 33.4. The van der Waals surface area contributed by atoms with Crippen molar-refractivity contribution in [1.29, 1.82) is 0 Å². The van der Waals surface area contributed by atoms with Gasteiger partial charge in [-0.1, -0.05) is 90.2 Å². The van der Waals surface area contributed by atoms with E-state index < -0.39 is 16.7 Å². The van der Waals surface area contributed by atoms with Gasteiger partial charge in [0.2, 0.25) is 0 Å². The second-order valence-electron chi connectivity index (χ2n) is 16.0. The van der Waals surface area contributed by atoms with Gasteiger partial charge in [-0.05, 0) is 70.9 Å². The van der Waals surface area contributed by atoms with Gasteiger partial charge >= 0.3 is 0 Å². The molecule has 5 rings (SSSR count). The largest absolute Gasteiger partial charge is 0.493 e. The van der Waals surface area contributed by atoms with E-state index in [4.69, 9.17) is 23.4 Å². The first-order chi connectivity index (χ1) is 21.6. The minimum atomic E-state index is -2.00. The van der Waals surface area contributed by atoms with Gasteiger partial charge in [-0.15, -0.1) is 0 Å². The summed E-state index contributed by atoms with van der Waals surface area (Å²) in [5.74, 6) is 2.99. The lowest BCUT2D eigenvalue weighted by molar-refractivity contribution is 0.0124. The molecule has 0 spiro atoms. The van der Waals surface area contributed by atoms with Crippen molar-refractivity contribution >= 4 is 16.7 Å². The topological polar surface area (TPSA) is 46.2 Å². The third-order valence-corrected chi connectivity index (χ3v) is 17.1. The second-order valence-corrected chi connectivity index (χ2v) is 23.2. The smallest absolute Gasteiger partial charge is 0.192 e. The monoisotopic (exact) mass is 660 g/mol. The van der Waals surface area contributed by atoms with Crippen molar-refractivity contribution in [2.45, 2.75) is 116 Å². The Balaban J connectivity index is 1.32. The molecule has 0 bridgehead atoms. The number of rotatable bonds is 10. The first kappa shape index (κ1) is 34.9. The van der Waals surface area contributed by atoms with E-state index in [9.17, 15) is 0 Å². The van der Waals surface area contributed by atoms with E-state index in [1.54, 1.807) is 7.11 Å². The van der Waals surface area contributed by atoms with E-state index in [1.165, 1.54) is 21.9 Å². The summed E-state index contributed by atoms with van der Waals surface area (Å²) in [4.78, 5) is 0. The van der Waals surface area contributed by atoms with Crippen LogP contribution in [0.15, 0.2) is 60.3 Å². The van der Waals surface area contributed by atoms with E-state index in [-0.39, 0.29) is 40.8 Å². The molecule has 2 aliphatic rings.